The van der Waals surface area contributed by atoms with Crippen molar-refractivity contribution in [1.29, 1.82) is 0 Å². The fourth-order valence-electron chi connectivity index (χ4n) is 7.60. The molecule has 1 aliphatic rings. The molecule has 1 radical (unpaired) electrons. The van der Waals surface area contributed by atoms with Crippen LogP contribution in [0.3, 0.4) is 0 Å². The number of benzene rings is 3. The van der Waals surface area contributed by atoms with Crippen LogP contribution < -0.4 is 4.40 Å². The molecule has 0 atom stereocenters. The molecule has 1 fully saturated rings. The van der Waals surface area contributed by atoms with Gasteiger partial charge in [0.2, 0.25) is 5.71 Å². The van der Waals surface area contributed by atoms with Gasteiger partial charge in [-0.1, -0.05) is 72.4 Å². The Labute approximate surface area is 331 Å². The van der Waals surface area contributed by atoms with Crippen molar-refractivity contribution in [3.05, 3.63) is 133 Å². The topological polar surface area (TPSA) is 51.8 Å². The van der Waals surface area contributed by atoms with Crippen molar-refractivity contribution in [1.82, 2.24) is 15.0 Å². The minimum Gasteiger partial charge on any atom is -0.486 e. The SMILES string of the molecule is CC(C)(C)Cc1cc(-c2[c-]cccc2)nc[c]1[Ge]([CH3])([CH3])[CH3].[Ir].[c-]1cc2oc3ncccc3c2c(-c2ccccc2)c1-c1cc(C2CCCCC2)ccn1. The fourth-order valence-corrected chi connectivity index (χ4v) is 10.9. The molecule has 4 heterocycles. The average molecular weight is 937 g/mol. The van der Waals surface area contributed by atoms with E-state index < -0.39 is 13.3 Å². The van der Waals surface area contributed by atoms with Gasteiger partial charge in [0.15, 0.2) is 0 Å². The Balaban J connectivity index is 0.000000193. The summed E-state index contributed by atoms with van der Waals surface area (Å²) in [7, 11) is 0. The molecule has 4 nitrogen and oxygen atoms in total. The van der Waals surface area contributed by atoms with Gasteiger partial charge in [0.05, 0.1) is 5.58 Å². The molecule has 0 bridgehead atoms. The first-order chi connectivity index (χ1) is 25.0. The number of hydrogen-bond donors (Lipinski definition) is 0. The van der Waals surface area contributed by atoms with E-state index in [9.17, 15) is 0 Å². The van der Waals surface area contributed by atoms with Crippen molar-refractivity contribution >= 4 is 39.7 Å². The summed E-state index contributed by atoms with van der Waals surface area (Å²) in [6.45, 7) is 6.92. The van der Waals surface area contributed by atoms with Gasteiger partial charge in [0.25, 0.3) is 0 Å². The largest absolute Gasteiger partial charge is 0.486 e. The van der Waals surface area contributed by atoms with Crippen LogP contribution in [0.25, 0.3) is 55.7 Å². The van der Waals surface area contributed by atoms with E-state index in [1.807, 2.05) is 42.6 Å². The Kier molecular flexibility index (Phi) is 12.2. The summed E-state index contributed by atoms with van der Waals surface area (Å²) in [5.74, 6) is 7.96. The molecule has 1 saturated carbocycles. The molecule has 6 heteroatoms. The van der Waals surface area contributed by atoms with Gasteiger partial charge >= 0.3 is 132 Å². The van der Waals surface area contributed by atoms with Crippen molar-refractivity contribution in [3.8, 4) is 33.6 Å². The minimum absolute atomic E-state index is 0. The molecule has 0 saturated heterocycles. The van der Waals surface area contributed by atoms with Crippen LogP contribution in [0.1, 0.15) is 69.9 Å². The van der Waals surface area contributed by atoms with Gasteiger partial charge in [-0.25, -0.2) is 4.98 Å². The maximum atomic E-state index is 6.06. The number of furan rings is 1. The third-order valence-corrected chi connectivity index (χ3v) is 14.4. The number of hydrogen-bond acceptors (Lipinski definition) is 4. The summed E-state index contributed by atoms with van der Waals surface area (Å²) in [5.41, 5.74) is 11.0. The van der Waals surface area contributed by atoms with Crippen LogP contribution in [0.15, 0.2) is 114 Å². The Hall–Kier alpha value is -3.90. The molecule has 0 N–H and O–H groups in total. The zero-order valence-electron chi connectivity index (χ0n) is 31.8. The van der Waals surface area contributed by atoms with Gasteiger partial charge in [-0.15, -0.1) is 17.7 Å². The molecule has 1 aliphatic carbocycles. The van der Waals surface area contributed by atoms with Crippen LogP contribution in [0, 0.1) is 17.5 Å². The van der Waals surface area contributed by atoms with E-state index in [0.29, 0.717) is 17.0 Å². The summed E-state index contributed by atoms with van der Waals surface area (Å²) in [4.78, 5) is 13.9. The van der Waals surface area contributed by atoms with Gasteiger partial charge in [-0.2, -0.15) is 0 Å². The molecule has 4 aromatic heterocycles. The summed E-state index contributed by atoms with van der Waals surface area (Å²) in [6.07, 6.45) is 13.5. The maximum Gasteiger partial charge on any atom is 0.216 e. The van der Waals surface area contributed by atoms with E-state index in [1.54, 1.807) is 6.20 Å². The van der Waals surface area contributed by atoms with E-state index in [-0.39, 0.29) is 20.1 Å². The monoisotopic (exact) mass is 938 g/mol. The van der Waals surface area contributed by atoms with Crippen LogP contribution in [-0.4, -0.2) is 28.2 Å². The summed E-state index contributed by atoms with van der Waals surface area (Å²) < 4.78 is 7.59. The second-order valence-electron chi connectivity index (χ2n) is 16.4. The molecule has 53 heavy (non-hydrogen) atoms. The average Bonchev–Trinajstić information content (AvgIpc) is 3.54. The molecular formula is C47H49GeIrN3O-2. The standard InChI is InChI=1S/C28H23N2O.C19H26GeN.Ir/c1-3-8-19(9-4-1)21-15-17-29-24(18-21)22-13-14-25-27(23-12-7-16-30-28(23)31-25)26(22)20-10-5-2-6-11-20;1-19(2,3)13-16-12-18(15-10-8-7-9-11-15)21-14-17(16)20(4,5)6;/h2,5-7,10-12,14-19H,1,3-4,8-9H2;7-10,12,14H,13H2,1-6H3;/q2*-1;. The summed E-state index contributed by atoms with van der Waals surface area (Å²) in [6, 6.07) is 38.1. The van der Waals surface area contributed by atoms with E-state index in [1.165, 1.54) is 47.6 Å². The number of pyridine rings is 3. The first kappa shape index (κ1) is 38.8. The van der Waals surface area contributed by atoms with Gasteiger partial charge in [0, 0.05) is 37.9 Å². The van der Waals surface area contributed by atoms with Gasteiger partial charge < -0.3 is 9.40 Å². The molecule has 273 valence electrons. The number of fused-ring (bicyclic) bond motifs is 3. The smallest absolute Gasteiger partial charge is 0.216 e. The van der Waals surface area contributed by atoms with E-state index in [4.69, 9.17) is 14.4 Å². The molecule has 8 rings (SSSR count). The van der Waals surface area contributed by atoms with Crippen molar-refractivity contribution in [2.75, 3.05) is 0 Å². The normalized spacial score (nSPS) is 13.7. The van der Waals surface area contributed by atoms with Gasteiger partial charge in [-0.3, -0.25) is 0 Å². The molecule has 0 unspecified atom stereocenters. The predicted octanol–water partition coefficient (Wildman–Crippen LogP) is 12.2. The van der Waals surface area contributed by atoms with Crippen LogP contribution in [-0.2, 0) is 26.5 Å². The fraction of sp³-hybridized carbons (Fsp3) is 0.298. The second-order valence-corrected chi connectivity index (χ2v) is 27.0. The summed E-state index contributed by atoms with van der Waals surface area (Å²) >= 11 is -1.90. The third-order valence-electron chi connectivity index (χ3n) is 10.0. The van der Waals surface area contributed by atoms with Crippen LogP contribution >= 0.6 is 0 Å². The molecule has 0 aliphatic heterocycles. The minimum atomic E-state index is -1.90. The van der Waals surface area contributed by atoms with Gasteiger partial charge in [-0.05, 0) is 48.0 Å². The number of nitrogens with zero attached hydrogens (tertiary/aromatic N) is 3. The Morgan fingerprint density at radius 2 is 1.57 bits per heavy atom. The molecule has 3 aromatic carbocycles. The zero-order valence-corrected chi connectivity index (χ0v) is 36.3. The Bertz CT molecular complexity index is 2280. The van der Waals surface area contributed by atoms with Crippen molar-refractivity contribution < 1.29 is 24.5 Å². The van der Waals surface area contributed by atoms with Crippen LogP contribution in [0.2, 0.25) is 17.3 Å². The van der Waals surface area contributed by atoms with Crippen LogP contribution in [0.4, 0.5) is 0 Å². The van der Waals surface area contributed by atoms with Crippen molar-refractivity contribution in [2.24, 2.45) is 5.41 Å². The van der Waals surface area contributed by atoms with Crippen LogP contribution in [0.5, 0.6) is 0 Å². The van der Waals surface area contributed by atoms with Crippen molar-refractivity contribution in [2.45, 2.75) is 82.5 Å². The Morgan fingerprint density at radius 3 is 2.28 bits per heavy atom. The van der Waals surface area contributed by atoms with E-state index in [2.05, 4.69) is 116 Å². The second kappa shape index (κ2) is 16.6. The Morgan fingerprint density at radius 1 is 0.792 bits per heavy atom. The maximum absolute atomic E-state index is 6.06. The first-order valence-electron chi connectivity index (χ1n) is 18.8. The quantitative estimate of drug-likeness (QED) is 0.123. The van der Waals surface area contributed by atoms with Gasteiger partial charge in [0.1, 0.15) is 0 Å². The van der Waals surface area contributed by atoms with Crippen molar-refractivity contribution in [3.63, 3.8) is 0 Å². The zero-order chi connectivity index (χ0) is 36.3. The molecular weight excluding hydrogens is 887 g/mol. The number of rotatable bonds is 6. The number of aromatic nitrogens is 3. The molecule has 0 spiro atoms. The van der Waals surface area contributed by atoms with E-state index in [0.717, 1.165) is 56.4 Å². The molecule has 7 aromatic rings. The summed E-state index contributed by atoms with van der Waals surface area (Å²) in [5, 5.41) is 2.10. The van der Waals surface area contributed by atoms with E-state index >= 15 is 0 Å². The predicted molar refractivity (Wildman–Crippen MR) is 219 cm³/mol. The third kappa shape index (κ3) is 9.08. The molecule has 0 amide bonds. The first-order valence-corrected chi connectivity index (χ1v) is 26.1.